The number of aromatic nitrogens is 4. The van der Waals surface area contributed by atoms with Crippen molar-refractivity contribution in [3.63, 3.8) is 0 Å². The van der Waals surface area contributed by atoms with Crippen LogP contribution < -0.4 is 9.64 Å². The van der Waals surface area contributed by atoms with E-state index in [9.17, 15) is 19.1 Å². The standard InChI is InChI=1S/C34H24FN5O4S2/c1-20-28(39-17-6-5-12-26(39)36-20)30(41)27-29(22-8-7-11-25(18-22)44-24-9-3-2-4-10-24)40(32(43)31(27)42)33-37-38-34(46-33)45-19-21-13-15-23(35)16-14-21/h2-18,29,41H,19H2,1H3/b30-27+. The van der Waals surface area contributed by atoms with E-state index in [0.29, 0.717) is 44.2 Å². The third kappa shape index (κ3) is 5.52. The minimum absolute atomic E-state index is 0.105. The zero-order valence-corrected chi connectivity index (χ0v) is 25.8. The molecule has 3 aromatic heterocycles. The number of halogens is 1. The molecule has 1 amide bonds. The summed E-state index contributed by atoms with van der Waals surface area (Å²) in [5, 5.41) is 20.6. The number of aryl methyl sites for hydroxylation is 1. The fourth-order valence-corrected chi connectivity index (χ4v) is 7.15. The Morgan fingerprint density at radius 2 is 1.72 bits per heavy atom. The van der Waals surface area contributed by atoms with Crippen LogP contribution in [-0.2, 0) is 15.3 Å². The number of fused-ring (bicyclic) bond motifs is 1. The van der Waals surface area contributed by atoms with Gasteiger partial charge in [-0.25, -0.2) is 9.37 Å². The SMILES string of the molecule is Cc1nc2ccccn2c1/C(O)=C1\C(=O)C(=O)N(c2nnc(SCc3ccc(F)cc3)s2)C1c1cccc(Oc2ccccc2)c1. The highest BCUT2D eigenvalue weighted by Crippen LogP contribution is 2.45. The smallest absolute Gasteiger partial charge is 0.301 e. The van der Waals surface area contributed by atoms with Crippen LogP contribution in [0.2, 0.25) is 0 Å². The number of anilines is 1. The summed E-state index contributed by atoms with van der Waals surface area (Å²) in [4.78, 5) is 33.4. The topological polar surface area (TPSA) is 110 Å². The maximum Gasteiger partial charge on any atom is 0.301 e. The van der Waals surface area contributed by atoms with Gasteiger partial charge in [0.2, 0.25) is 5.13 Å². The fraction of sp³-hybridized carbons (Fsp3) is 0.0882. The van der Waals surface area contributed by atoms with Gasteiger partial charge in [0, 0.05) is 11.9 Å². The number of hydrogen-bond acceptors (Lipinski definition) is 9. The van der Waals surface area contributed by atoms with E-state index in [4.69, 9.17) is 4.74 Å². The Hall–Kier alpha value is -5.33. The molecule has 1 unspecified atom stereocenters. The van der Waals surface area contributed by atoms with Gasteiger partial charge in [0.25, 0.3) is 5.78 Å². The van der Waals surface area contributed by atoms with Crippen molar-refractivity contribution in [3.8, 4) is 11.5 Å². The third-order valence-electron chi connectivity index (χ3n) is 7.40. The van der Waals surface area contributed by atoms with Gasteiger partial charge in [-0.05, 0) is 66.6 Å². The van der Waals surface area contributed by atoms with Gasteiger partial charge in [-0.15, -0.1) is 10.2 Å². The van der Waals surface area contributed by atoms with Crippen molar-refractivity contribution in [3.05, 3.63) is 137 Å². The monoisotopic (exact) mass is 649 g/mol. The Balaban J connectivity index is 1.32. The number of ketones is 1. The number of para-hydroxylation sites is 1. The van der Waals surface area contributed by atoms with Crippen LogP contribution in [0.25, 0.3) is 11.4 Å². The maximum atomic E-state index is 13.8. The lowest BCUT2D eigenvalue weighted by atomic mass is 9.96. The highest BCUT2D eigenvalue weighted by molar-refractivity contribution is 8.00. The van der Waals surface area contributed by atoms with Crippen molar-refractivity contribution in [1.29, 1.82) is 0 Å². The van der Waals surface area contributed by atoms with Crippen molar-refractivity contribution in [1.82, 2.24) is 19.6 Å². The summed E-state index contributed by atoms with van der Waals surface area (Å²) in [5.41, 5.74) is 2.69. The summed E-state index contributed by atoms with van der Waals surface area (Å²) in [6.07, 6.45) is 1.74. The van der Waals surface area contributed by atoms with Gasteiger partial charge in [-0.1, -0.05) is 71.6 Å². The van der Waals surface area contributed by atoms with Crippen LogP contribution in [-0.4, -0.2) is 36.4 Å². The van der Waals surface area contributed by atoms with Crippen molar-refractivity contribution in [2.45, 2.75) is 23.1 Å². The van der Waals surface area contributed by atoms with Crippen LogP contribution in [0.5, 0.6) is 11.5 Å². The molecule has 1 atom stereocenters. The molecule has 1 saturated heterocycles. The zero-order chi connectivity index (χ0) is 31.8. The van der Waals surface area contributed by atoms with E-state index in [2.05, 4.69) is 15.2 Å². The number of Topliss-reactive ketones (excluding diaryl/α,β-unsaturated/α-hetero) is 1. The summed E-state index contributed by atoms with van der Waals surface area (Å²) < 4.78 is 21.7. The highest BCUT2D eigenvalue weighted by atomic mass is 32.2. The number of ether oxygens (including phenoxy) is 1. The van der Waals surface area contributed by atoms with Crippen LogP contribution in [0.15, 0.2) is 113 Å². The largest absolute Gasteiger partial charge is 0.505 e. The molecule has 1 N–H and O–H groups in total. The predicted molar refractivity (Wildman–Crippen MR) is 174 cm³/mol. The maximum absolute atomic E-state index is 13.8. The van der Waals surface area contributed by atoms with E-state index >= 15 is 0 Å². The predicted octanol–water partition coefficient (Wildman–Crippen LogP) is 7.34. The molecule has 0 radical (unpaired) electrons. The summed E-state index contributed by atoms with van der Waals surface area (Å²) in [5.74, 6) is -0.790. The highest BCUT2D eigenvalue weighted by Gasteiger charge is 2.49. The number of aliphatic hydroxyl groups is 1. The van der Waals surface area contributed by atoms with Crippen molar-refractivity contribution in [2.24, 2.45) is 0 Å². The summed E-state index contributed by atoms with van der Waals surface area (Å²) in [7, 11) is 0. The first-order chi connectivity index (χ1) is 22.4. The number of carbonyl (C=O) groups is 2. The number of pyridine rings is 1. The first-order valence-corrected chi connectivity index (χ1v) is 16.0. The van der Waals surface area contributed by atoms with Gasteiger partial charge in [0.15, 0.2) is 10.1 Å². The van der Waals surface area contributed by atoms with E-state index in [1.54, 1.807) is 66.1 Å². The minimum Gasteiger partial charge on any atom is -0.505 e. The molecule has 0 bridgehead atoms. The first kappa shape index (κ1) is 29.4. The molecule has 228 valence electrons. The normalized spacial score (nSPS) is 16.0. The molecule has 1 aliphatic heterocycles. The lowest BCUT2D eigenvalue weighted by molar-refractivity contribution is -0.132. The summed E-state index contributed by atoms with van der Waals surface area (Å²) in [6, 6.07) is 26.8. The van der Waals surface area contributed by atoms with Gasteiger partial charge < -0.3 is 9.84 Å². The lowest BCUT2D eigenvalue weighted by Gasteiger charge is -2.23. The third-order valence-corrected chi connectivity index (χ3v) is 9.53. The van der Waals surface area contributed by atoms with Gasteiger partial charge in [-0.3, -0.25) is 18.9 Å². The number of amides is 1. The van der Waals surface area contributed by atoms with E-state index in [1.807, 2.05) is 36.4 Å². The molecule has 0 spiro atoms. The zero-order valence-electron chi connectivity index (χ0n) is 24.2. The Labute approximate surface area is 270 Å². The second kappa shape index (κ2) is 12.2. The lowest BCUT2D eigenvalue weighted by Crippen LogP contribution is -2.29. The Bertz CT molecular complexity index is 2130. The van der Waals surface area contributed by atoms with E-state index in [0.717, 1.165) is 16.9 Å². The first-order valence-electron chi connectivity index (χ1n) is 14.2. The molecular formula is C34H24FN5O4S2. The Morgan fingerprint density at radius 3 is 2.52 bits per heavy atom. The number of benzene rings is 3. The number of carbonyl (C=O) groups excluding carboxylic acids is 2. The Kier molecular flexibility index (Phi) is 7.81. The number of thioether (sulfide) groups is 1. The minimum atomic E-state index is -1.05. The second-order valence-corrected chi connectivity index (χ2v) is 12.6. The molecule has 0 aliphatic carbocycles. The number of aliphatic hydroxyl groups excluding tert-OH is 1. The van der Waals surface area contributed by atoms with Crippen LogP contribution in [0.1, 0.15) is 28.6 Å². The molecule has 7 rings (SSSR count). The summed E-state index contributed by atoms with van der Waals surface area (Å²) in [6.45, 7) is 1.73. The molecule has 46 heavy (non-hydrogen) atoms. The quantitative estimate of drug-likeness (QED) is 0.0600. The van der Waals surface area contributed by atoms with Crippen molar-refractivity contribution < 1.29 is 23.8 Å². The average molecular weight is 650 g/mol. The van der Waals surface area contributed by atoms with E-state index < -0.39 is 17.7 Å². The number of rotatable bonds is 8. The van der Waals surface area contributed by atoms with Gasteiger partial charge >= 0.3 is 5.91 Å². The van der Waals surface area contributed by atoms with E-state index in [1.165, 1.54) is 28.8 Å². The van der Waals surface area contributed by atoms with Gasteiger partial charge in [-0.2, -0.15) is 0 Å². The molecule has 3 aromatic carbocycles. The van der Waals surface area contributed by atoms with Crippen LogP contribution in [0, 0.1) is 12.7 Å². The van der Waals surface area contributed by atoms with Crippen LogP contribution in [0.4, 0.5) is 9.52 Å². The van der Waals surface area contributed by atoms with Crippen molar-refractivity contribution >= 4 is 51.3 Å². The Morgan fingerprint density at radius 1 is 0.957 bits per heavy atom. The van der Waals surface area contributed by atoms with Gasteiger partial charge in [0.05, 0.1) is 17.3 Å². The molecule has 12 heteroatoms. The fourth-order valence-electron chi connectivity index (χ4n) is 5.33. The average Bonchev–Trinajstić information content (AvgIpc) is 3.74. The second-order valence-electron chi connectivity index (χ2n) is 10.4. The number of nitrogens with zero attached hydrogens (tertiary/aromatic N) is 5. The molecule has 1 fully saturated rings. The summed E-state index contributed by atoms with van der Waals surface area (Å²) >= 11 is 2.52. The molecule has 0 saturated carbocycles. The number of imidazole rings is 1. The molecule has 6 aromatic rings. The molecule has 1 aliphatic rings. The number of hydrogen-bond donors (Lipinski definition) is 1. The van der Waals surface area contributed by atoms with Crippen molar-refractivity contribution in [2.75, 3.05) is 4.90 Å². The molecular weight excluding hydrogens is 626 g/mol. The van der Waals surface area contributed by atoms with Crippen LogP contribution >= 0.6 is 23.1 Å². The molecule has 9 nitrogen and oxygen atoms in total. The molecule has 4 heterocycles. The van der Waals surface area contributed by atoms with Gasteiger partial charge in [0.1, 0.15) is 28.7 Å². The van der Waals surface area contributed by atoms with E-state index in [-0.39, 0.29) is 22.3 Å². The van der Waals surface area contributed by atoms with Crippen LogP contribution in [0.3, 0.4) is 0 Å².